The molecule has 0 spiro atoms. The van der Waals surface area contributed by atoms with Crippen molar-refractivity contribution in [1.82, 2.24) is 10.2 Å². The maximum atomic E-state index is 15.0. The van der Waals surface area contributed by atoms with Gasteiger partial charge in [0, 0.05) is 10.9 Å². The van der Waals surface area contributed by atoms with Gasteiger partial charge in [-0.05, 0) is 32.0 Å². The standard InChI is InChI=1S/C19H14ClF2N3/c1-18(2)19(21,22)16-12(7-5-8-13(16)20)17(23-18)15-10-11-6-3-4-9-14(11)24-25-15/h3-10H,1-2H3. The Balaban J connectivity index is 2.00. The van der Waals surface area contributed by atoms with Crippen LogP contribution in [0.4, 0.5) is 8.78 Å². The summed E-state index contributed by atoms with van der Waals surface area (Å²) in [4.78, 5) is 4.33. The van der Waals surface area contributed by atoms with Crippen LogP contribution < -0.4 is 0 Å². The fourth-order valence-corrected chi connectivity index (χ4v) is 3.35. The van der Waals surface area contributed by atoms with Crippen molar-refractivity contribution in [3.63, 3.8) is 0 Å². The number of halogens is 3. The van der Waals surface area contributed by atoms with Gasteiger partial charge in [0.1, 0.15) is 11.2 Å². The maximum absolute atomic E-state index is 15.0. The summed E-state index contributed by atoms with van der Waals surface area (Å²) in [6.07, 6.45) is 0. The number of alkyl halides is 2. The highest BCUT2D eigenvalue weighted by Gasteiger charge is 2.54. The van der Waals surface area contributed by atoms with Crippen molar-refractivity contribution in [1.29, 1.82) is 0 Å². The van der Waals surface area contributed by atoms with Crippen molar-refractivity contribution >= 4 is 28.2 Å². The van der Waals surface area contributed by atoms with Gasteiger partial charge in [0.05, 0.1) is 21.8 Å². The Bertz CT molecular complexity index is 1030. The second kappa shape index (κ2) is 5.30. The predicted octanol–water partition coefficient (Wildman–Crippen LogP) is 5.00. The number of fused-ring (bicyclic) bond motifs is 2. The summed E-state index contributed by atoms with van der Waals surface area (Å²) in [5.41, 5.74) is 0.00673. The van der Waals surface area contributed by atoms with Gasteiger partial charge in [0.2, 0.25) is 0 Å². The largest absolute Gasteiger partial charge is 0.299 e. The molecule has 0 fully saturated rings. The molecular weight excluding hydrogens is 344 g/mol. The summed E-state index contributed by atoms with van der Waals surface area (Å²) >= 11 is 6.13. The van der Waals surface area contributed by atoms with Crippen LogP contribution in [0, 0.1) is 0 Å². The van der Waals surface area contributed by atoms with Crippen molar-refractivity contribution in [2.24, 2.45) is 4.99 Å². The minimum atomic E-state index is -3.19. The van der Waals surface area contributed by atoms with Crippen LogP contribution in [-0.4, -0.2) is 21.4 Å². The van der Waals surface area contributed by atoms with Crippen LogP contribution in [0.2, 0.25) is 5.02 Å². The molecule has 0 unspecified atom stereocenters. The quantitative estimate of drug-likeness (QED) is 0.614. The number of hydrogen-bond donors (Lipinski definition) is 0. The van der Waals surface area contributed by atoms with Gasteiger partial charge in [0.15, 0.2) is 0 Å². The van der Waals surface area contributed by atoms with Crippen molar-refractivity contribution in [2.45, 2.75) is 25.3 Å². The van der Waals surface area contributed by atoms with Crippen LogP contribution in [0.25, 0.3) is 10.9 Å². The lowest BCUT2D eigenvalue weighted by molar-refractivity contribution is -0.0681. The van der Waals surface area contributed by atoms with Crippen LogP contribution in [-0.2, 0) is 5.92 Å². The molecule has 1 aliphatic rings. The van der Waals surface area contributed by atoms with Crippen LogP contribution in [0.3, 0.4) is 0 Å². The molecule has 3 aromatic rings. The number of aliphatic imine (C=N–C) groups is 1. The second-order valence-electron chi connectivity index (χ2n) is 6.54. The molecule has 0 bridgehead atoms. The SMILES string of the molecule is CC1(C)N=C(c2cc3ccccc3nn2)c2cccc(Cl)c2C1(F)F. The molecule has 0 N–H and O–H groups in total. The topological polar surface area (TPSA) is 38.1 Å². The van der Waals surface area contributed by atoms with Gasteiger partial charge in [0.25, 0.3) is 5.92 Å². The smallest absolute Gasteiger partial charge is 0.270 e. The third kappa shape index (κ3) is 2.34. The summed E-state index contributed by atoms with van der Waals surface area (Å²) < 4.78 is 29.9. The lowest BCUT2D eigenvalue weighted by Gasteiger charge is -2.37. The van der Waals surface area contributed by atoms with Crippen LogP contribution >= 0.6 is 11.6 Å². The van der Waals surface area contributed by atoms with E-state index in [0.717, 1.165) is 10.9 Å². The van der Waals surface area contributed by atoms with Gasteiger partial charge in [-0.2, -0.15) is 8.78 Å². The number of rotatable bonds is 1. The molecule has 0 aliphatic carbocycles. The second-order valence-corrected chi connectivity index (χ2v) is 6.95. The number of benzene rings is 2. The molecule has 0 saturated carbocycles. The van der Waals surface area contributed by atoms with E-state index in [4.69, 9.17) is 11.6 Å². The molecule has 1 aliphatic heterocycles. The third-order valence-corrected chi connectivity index (χ3v) is 4.79. The molecule has 0 radical (unpaired) electrons. The van der Waals surface area contributed by atoms with E-state index >= 15 is 0 Å². The minimum absolute atomic E-state index is 0.0247. The Morgan fingerprint density at radius 2 is 1.72 bits per heavy atom. The van der Waals surface area contributed by atoms with Crippen LogP contribution in [0.1, 0.15) is 30.7 Å². The van der Waals surface area contributed by atoms with Crippen molar-refractivity contribution in [3.05, 3.63) is 70.4 Å². The monoisotopic (exact) mass is 357 g/mol. The molecular formula is C19H14ClF2N3. The van der Waals surface area contributed by atoms with Crippen LogP contribution in [0.5, 0.6) is 0 Å². The van der Waals surface area contributed by atoms with Gasteiger partial charge in [-0.25, -0.2) is 0 Å². The highest BCUT2D eigenvalue weighted by atomic mass is 35.5. The molecule has 25 heavy (non-hydrogen) atoms. The Kier molecular flexibility index (Phi) is 3.41. The van der Waals surface area contributed by atoms with Gasteiger partial charge in [-0.15, -0.1) is 10.2 Å². The molecule has 0 saturated heterocycles. The molecule has 2 aromatic carbocycles. The number of nitrogens with zero attached hydrogens (tertiary/aromatic N) is 3. The van der Waals surface area contributed by atoms with E-state index in [-0.39, 0.29) is 10.6 Å². The fraction of sp³-hybridized carbons (Fsp3) is 0.211. The Morgan fingerprint density at radius 1 is 0.960 bits per heavy atom. The first-order valence-electron chi connectivity index (χ1n) is 7.81. The summed E-state index contributed by atoms with van der Waals surface area (Å²) in [6.45, 7) is 2.79. The number of hydrogen-bond acceptors (Lipinski definition) is 3. The first-order valence-corrected chi connectivity index (χ1v) is 8.19. The normalized spacial score (nSPS) is 17.9. The summed E-state index contributed by atoms with van der Waals surface area (Å²) in [5, 5.41) is 9.28. The summed E-state index contributed by atoms with van der Waals surface area (Å²) in [5.74, 6) is -3.19. The van der Waals surface area contributed by atoms with Gasteiger partial charge in [-0.3, -0.25) is 4.99 Å². The Hall–Kier alpha value is -2.40. The zero-order chi connectivity index (χ0) is 17.8. The minimum Gasteiger partial charge on any atom is -0.270 e. The lowest BCUT2D eigenvalue weighted by atomic mass is 9.82. The molecule has 0 atom stereocenters. The van der Waals surface area contributed by atoms with E-state index in [0.29, 0.717) is 17.0 Å². The van der Waals surface area contributed by atoms with E-state index in [9.17, 15) is 8.78 Å². The van der Waals surface area contributed by atoms with Crippen LogP contribution in [0.15, 0.2) is 53.5 Å². The van der Waals surface area contributed by atoms with Crippen molar-refractivity contribution in [2.75, 3.05) is 0 Å². The Morgan fingerprint density at radius 3 is 2.52 bits per heavy atom. The molecule has 126 valence electrons. The molecule has 2 heterocycles. The average molecular weight is 358 g/mol. The van der Waals surface area contributed by atoms with E-state index in [1.807, 2.05) is 30.3 Å². The lowest BCUT2D eigenvalue weighted by Crippen LogP contribution is -2.44. The highest BCUT2D eigenvalue weighted by molar-refractivity contribution is 6.32. The average Bonchev–Trinajstić information content (AvgIpc) is 2.58. The van der Waals surface area contributed by atoms with E-state index in [1.54, 1.807) is 12.1 Å². The van der Waals surface area contributed by atoms with Crippen molar-refractivity contribution in [3.8, 4) is 0 Å². The highest BCUT2D eigenvalue weighted by Crippen LogP contribution is 2.49. The molecule has 4 rings (SSSR count). The van der Waals surface area contributed by atoms with Gasteiger partial charge in [-0.1, -0.05) is 41.9 Å². The first kappa shape index (κ1) is 16.1. The van der Waals surface area contributed by atoms with Crippen molar-refractivity contribution < 1.29 is 8.78 Å². The molecule has 0 amide bonds. The fourth-order valence-electron chi connectivity index (χ4n) is 3.05. The van der Waals surface area contributed by atoms with E-state index < -0.39 is 11.5 Å². The summed E-state index contributed by atoms with van der Waals surface area (Å²) in [6, 6.07) is 14.0. The number of aromatic nitrogens is 2. The maximum Gasteiger partial charge on any atom is 0.299 e. The van der Waals surface area contributed by atoms with Gasteiger partial charge < -0.3 is 0 Å². The van der Waals surface area contributed by atoms with Gasteiger partial charge >= 0.3 is 0 Å². The van der Waals surface area contributed by atoms with E-state index in [2.05, 4.69) is 15.2 Å². The van der Waals surface area contributed by atoms with E-state index in [1.165, 1.54) is 19.9 Å². The molecule has 3 nitrogen and oxygen atoms in total. The zero-order valence-electron chi connectivity index (χ0n) is 13.6. The predicted molar refractivity (Wildman–Crippen MR) is 94.6 cm³/mol. The first-order chi connectivity index (χ1) is 11.8. The summed E-state index contributed by atoms with van der Waals surface area (Å²) in [7, 11) is 0. The molecule has 1 aromatic heterocycles. The Labute approximate surface area is 148 Å². The molecule has 6 heteroatoms. The zero-order valence-corrected chi connectivity index (χ0v) is 14.4. The third-order valence-electron chi connectivity index (χ3n) is 4.48.